The van der Waals surface area contributed by atoms with E-state index in [1.165, 1.54) is 11.3 Å². The summed E-state index contributed by atoms with van der Waals surface area (Å²) in [5.41, 5.74) is 1.19. The molecule has 0 radical (unpaired) electrons. The fourth-order valence-electron chi connectivity index (χ4n) is 3.06. The van der Waals surface area contributed by atoms with E-state index in [0.29, 0.717) is 18.5 Å². The summed E-state index contributed by atoms with van der Waals surface area (Å²) in [6, 6.07) is -0.332. The van der Waals surface area contributed by atoms with Crippen LogP contribution in [0.15, 0.2) is 17.8 Å². The standard InChI is InChI=1S/C16H20N4O3S/c1-20-8-10(7-17-20)15-19-13(9-24-15)14(21)18-12-6-4-2-3-5-11(12)16(22)23/h7-9,11-12H,2-6H2,1H3,(H,18,21)(H,22,23)/t11-,12+/m1/s1. The number of rotatable bonds is 4. The summed E-state index contributed by atoms with van der Waals surface area (Å²) < 4.78 is 1.68. The first-order valence-electron chi connectivity index (χ1n) is 8.03. The second-order valence-corrected chi connectivity index (χ2v) is 6.96. The quantitative estimate of drug-likeness (QED) is 0.827. The third-order valence-corrected chi connectivity index (χ3v) is 5.23. The van der Waals surface area contributed by atoms with Crippen molar-refractivity contribution in [2.45, 2.75) is 38.1 Å². The van der Waals surface area contributed by atoms with E-state index in [4.69, 9.17) is 0 Å². The van der Waals surface area contributed by atoms with Crippen LogP contribution in [0.2, 0.25) is 0 Å². The first-order chi connectivity index (χ1) is 11.5. The highest BCUT2D eigenvalue weighted by Crippen LogP contribution is 2.26. The van der Waals surface area contributed by atoms with Crippen LogP contribution in [-0.4, -0.2) is 37.8 Å². The minimum atomic E-state index is -0.837. The van der Waals surface area contributed by atoms with Crippen molar-refractivity contribution < 1.29 is 14.7 Å². The van der Waals surface area contributed by atoms with E-state index in [-0.39, 0.29) is 11.9 Å². The van der Waals surface area contributed by atoms with Crippen LogP contribution in [0, 0.1) is 5.92 Å². The van der Waals surface area contributed by atoms with Gasteiger partial charge in [-0.3, -0.25) is 14.3 Å². The lowest BCUT2D eigenvalue weighted by atomic mass is 9.95. The van der Waals surface area contributed by atoms with Gasteiger partial charge in [0.05, 0.1) is 12.1 Å². The Kier molecular flexibility index (Phi) is 4.94. The van der Waals surface area contributed by atoms with Gasteiger partial charge in [0.1, 0.15) is 10.7 Å². The normalized spacial score (nSPS) is 21.2. The van der Waals surface area contributed by atoms with Crippen LogP contribution in [0.5, 0.6) is 0 Å². The van der Waals surface area contributed by atoms with Gasteiger partial charge in [-0.15, -0.1) is 11.3 Å². The van der Waals surface area contributed by atoms with Crippen molar-refractivity contribution >= 4 is 23.2 Å². The van der Waals surface area contributed by atoms with Gasteiger partial charge in [-0.2, -0.15) is 5.10 Å². The number of aromatic nitrogens is 3. The lowest BCUT2D eigenvalue weighted by Crippen LogP contribution is -2.42. The van der Waals surface area contributed by atoms with Crippen molar-refractivity contribution in [2.24, 2.45) is 13.0 Å². The van der Waals surface area contributed by atoms with Crippen LogP contribution in [0.25, 0.3) is 10.6 Å². The lowest BCUT2D eigenvalue weighted by molar-refractivity contribution is -0.142. The number of amides is 1. The zero-order valence-corrected chi connectivity index (χ0v) is 14.3. The summed E-state index contributed by atoms with van der Waals surface area (Å²) in [5, 5.41) is 18.8. The van der Waals surface area contributed by atoms with Gasteiger partial charge in [-0.1, -0.05) is 19.3 Å². The van der Waals surface area contributed by atoms with Gasteiger partial charge in [-0.25, -0.2) is 4.98 Å². The number of hydrogen-bond acceptors (Lipinski definition) is 5. The molecule has 0 bridgehead atoms. The van der Waals surface area contributed by atoms with Gasteiger partial charge in [0.25, 0.3) is 5.91 Å². The fourth-order valence-corrected chi connectivity index (χ4v) is 3.84. The predicted molar refractivity (Wildman–Crippen MR) is 89.8 cm³/mol. The molecule has 1 amide bonds. The number of hydrogen-bond donors (Lipinski definition) is 2. The van der Waals surface area contributed by atoms with Gasteiger partial charge in [0, 0.05) is 30.2 Å². The molecule has 2 atom stereocenters. The Hall–Kier alpha value is -2.22. The number of aliphatic carboxylic acids is 1. The average Bonchev–Trinajstić information content (AvgIpc) is 3.12. The number of nitrogens with one attached hydrogen (secondary N) is 1. The smallest absolute Gasteiger partial charge is 0.308 e. The van der Waals surface area contributed by atoms with Crippen molar-refractivity contribution in [3.8, 4) is 10.6 Å². The molecule has 0 unspecified atom stereocenters. The first kappa shape index (κ1) is 16.6. The van der Waals surface area contributed by atoms with E-state index in [9.17, 15) is 14.7 Å². The van der Waals surface area contributed by atoms with E-state index in [0.717, 1.165) is 29.8 Å². The van der Waals surface area contributed by atoms with Gasteiger partial charge in [-0.05, 0) is 12.8 Å². The third-order valence-electron chi connectivity index (χ3n) is 4.34. The van der Waals surface area contributed by atoms with Crippen LogP contribution >= 0.6 is 11.3 Å². The minimum Gasteiger partial charge on any atom is -0.481 e. The maximum Gasteiger partial charge on any atom is 0.308 e. The molecule has 128 valence electrons. The number of aryl methyl sites for hydroxylation is 1. The Morgan fingerprint density at radius 2 is 2.12 bits per heavy atom. The van der Waals surface area contributed by atoms with Crippen molar-refractivity contribution in [2.75, 3.05) is 0 Å². The van der Waals surface area contributed by atoms with E-state index in [1.54, 1.807) is 16.3 Å². The predicted octanol–water partition coefficient (Wildman–Crippen LogP) is 2.31. The Morgan fingerprint density at radius 3 is 2.83 bits per heavy atom. The number of carbonyl (C=O) groups is 2. The Balaban J connectivity index is 1.72. The van der Waals surface area contributed by atoms with E-state index in [2.05, 4.69) is 15.4 Å². The molecule has 3 rings (SSSR count). The molecular formula is C16H20N4O3S. The molecule has 0 saturated heterocycles. The molecule has 0 aliphatic heterocycles. The molecule has 1 aliphatic carbocycles. The zero-order valence-electron chi connectivity index (χ0n) is 13.4. The van der Waals surface area contributed by atoms with Crippen LogP contribution in [0.3, 0.4) is 0 Å². The van der Waals surface area contributed by atoms with Gasteiger partial charge in [0.15, 0.2) is 0 Å². The summed E-state index contributed by atoms with van der Waals surface area (Å²) in [5.74, 6) is -1.66. The molecule has 1 aliphatic rings. The molecule has 24 heavy (non-hydrogen) atoms. The van der Waals surface area contributed by atoms with Crippen molar-refractivity contribution in [1.29, 1.82) is 0 Å². The first-order valence-corrected chi connectivity index (χ1v) is 8.91. The summed E-state index contributed by atoms with van der Waals surface area (Å²) in [4.78, 5) is 28.3. The minimum absolute atomic E-state index is 0.306. The Morgan fingerprint density at radius 1 is 1.33 bits per heavy atom. The fraction of sp³-hybridized carbons (Fsp3) is 0.500. The van der Waals surface area contributed by atoms with Gasteiger partial charge >= 0.3 is 5.97 Å². The van der Waals surface area contributed by atoms with Crippen LogP contribution in [0.1, 0.15) is 42.6 Å². The maximum absolute atomic E-state index is 12.5. The summed E-state index contributed by atoms with van der Waals surface area (Å²) in [6.45, 7) is 0. The SMILES string of the molecule is Cn1cc(-c2nc(C(=O)N[C@H]3CCCCC[C@H]3C(=O)O)cs2)cn1. The number of nitrogens with zero attached hydrogens (tertiary/aromatic N) is 3. The average molecular weight is 348 g/mol. The molecule has 1 fully saturated rings. The molecule has 0 spiro atoms. The molecular weight excluding hydrogens is 328 g/mol. The van der Waals surface area contributed by atoms with Gasteiger partial charge in [0.2, 0.25) is 0 Å². The van der Waals surface area contributed by atoms with Crippen LogP contribution in [0.4, 0.5) is 0 Å². The summed E-state index contributed by atoms with van der Waals surface area (Å²) in [6.07, 6.45) is 7.69. The highest BCUT2D eigenvalue weighted by atomic mass is 32.1. The lowest BCUT2D eigenvalue weighted by Gasteiger charge is -2.22. The van der Waals surface area contributed by atoms with Crippen molar-refractivity contribution in [3.05, 3.63) is 23.5 Å². The molecule has 2 heterocycles. The van der Waals surface area contributed by atoms with E-state index in [1.807, 2.05) is 13.2 Å². The Labute approximate surface area is 143 Å². The van der Waals surface area contributed by atoms with Crippen LogP contribution < -0.4 is 5.32 Å². The monoisotopic (exact) mass is 348 g/mol. The number of carbonyl (C=O) groups excluding carboxylic acids is 1. The van der Waals surface area contributed by atoms with Gasteiger partial charge < -0.3 is 10.4 Å². The molecule has 0 aromatic carbocycles. The topological polar surface area (TPSA) is 97.1 Å². The van der Waals surface area contributed by atoms with Crippen LogP contribution in [-0.2, 0) is 11.8 Å². The molecule has 2 aromatic heterocycles. The third kappa shape index (κ3) is 3.64. The number of carboxylic acid groups (broad SMARTS) is 1. The van der Waals surface area contributed by atoms with Crippen molar-refractivity contribution in [1.82, 2.24) is 20.1 Å². The van der Waals surface area contributed by atoms with E-state index >= 15 is 0 Å². The number of thiazole rings is 1. The Bertz CT molecular complexity index is 739. The molecule has 2 aromatic rings. The number of carboxylic acids is 1. The highest BCUT2D eigenvalue weighted by Gasteiger charge is 2.31. The van der Waals surface area contributed by atoms with Crippen molar-refractivity contribution in [3.63, 3.8) is 0 Å². The largest absolute Gasteiger partial charge is 0.481 e. The molecule has 2 N–H and O–H groups in total. The summed E-state index contributed by atoms with van der Waals surface area (Å²) in [7, 11) is 1.82. The molecule has 1 saturated carbocycles. The highest BCUT2D eigenvalue weighted by molar-refractivity contribution is 7.13. The maximum atomic E-state index is 12.5. The summed E-state index contributed by atoms with van der Waals surface area (Å²) >= 11 is 1.38. The zero-order chi connectivity index (χ0) is 17.1. The second kappa shape index (κ2) is 7.12. The second-order valence-electron chi connectivity index (χ2n) is 6.10. The van der Waals surface area contributed by atoms with E-state index < -0.39 is 11.9 Å². The molecule has 7 nitrogen and oxygen atoms in total. The molecule has 8 heteroatoms.